The monoisotopic (exact) mass is 259 g/mol. The second-order valence-electron chi connectivity index (χ2n) is 2.49. The number of halogens is 1. The van der Waals surface area contributed by atoms with Gasteiger partial charge < -0.3 is 9.47 Å². The quantitative estimate of drug-likeness (QED) is 0.613. The number of aromatic nitrogens is 1. The molecule has 0 aliphatic rings. The summed E-state index contributed by atoms with van der Waals surface area (Å²) in [5.41, 5.74) is 1.06. The fraction of sp³-hybridized carbons (Fsp3) is 0.333. The summed E-state index contributed by atoms with van der Waals surface area (Å²) in [6.45, 7) is 0. The molecule has 0 aliphatic carbocycles. The number of carbonyl (C=O) groups is 1. The Labute approximate surface area is 90.4 Å². The second-order valence-corrected chi connectivity index (χ2v) is 3.06. The van der Waals surface area contributed by atoms with Crippen LogP contribution in [-0.2, 0) is 10.1 Å². The van der Waals surface area contributed by atoms with Gasteiger partial charge in [0.1, 0.15) is 5.75 Å². The van der Waals surface area contributed by atoms with Crippen molar-refractivity contribution in [3.63, 3.8) is 0 Å². The van der Waals surface area contributed by atoms with Crippen LogP contribution in [0.5, 0.6) is 5.75 Å². The summed E-state index contributed by atoms with van der Waals surface area (Å²) >= 11 is 3.24. The van der Waals surface area contributed by atoms with Crippen LogP contribution >= 0.6 is 15.9 Å². The third kappa shape index (κ3) is 2.23. The Kier molecular flexibility index (Phi) is 3.88. The summed E-state index contributed by atoms with van der Waals surface area (Å²) in [5, 5.41) is 0.501. The van der Waals surface area contributed by atoms with Crippen molar-refractivity contribution in [3.05, 3.63) is 23.5 Å². The first-order valence-corrected chi connectivity index (χ1v) is 5.02. The van der Waals surface area contributed by atoms with Crippen LogP contribution in [0, 0.1) is 0 Å². The van der Waals surface area contributed by atoms with Gasteiger partial charge in [0, 0.05) is 5.33 Å². The van der Waals surface area contributed by atoms with Gasteiger partial charge >= 0.3 is 5.97 Å². The molecule has 0 amide bonds. The van der Waals surface area contributed by atoms with E-state index in [1.54, 1.807) is 12.3 Å². The minimum absolute atomic E-state index is 0.411. The van der Waals surface area contributed by atoms with Gasteiger partial charge in [0.05, 0.1) is 31.7 Å². The number of rotatable bonds is 3. The predicted molar refractivity (Wildman–Crippen MR) is 54.8 cm³/mol. The van der Waals surface area contributed by atoms with Gasteiger partial charge in [-0.05, 0) is 6.07 Å². The molecule has 1 heterocycles. The minimum Gasteiger partial charge on any atom is -0.495 e. The van der Waals surface area contributed by atoms with Crippen molar-refractivity contribution in [1.29, 1.82) is 0 Å². The molecule has 0 unspecified atom stereocenters. The molecule has 0 fully saturated rings. The molecular weight excluding hydrogens is 250 g/mol. The number of hydrogen-bond donors (Lipinski definition) is 0. The lowest BCUT2D eigenvalue weighted by atomic mass is 10.2. The first kappa shape index (κ1) is 11.0. The van der Waals surface area contributed by atoms with Gasteiger partial charge in [-0.25, -0.2) is 4.79 Å². The van der Waals surface area contributed by atoms with Crippen LogP contribution < -0.4 is 4.74 Å². The second kappa shape index (κ2) is 4.95. The van der Waals surface area contributed by atoms with E-state index in [0.717, 1.165) is 0 Å². The van der Waals surface area contributed by atoms with Crippen LogP contribution in [0.25, 0.3) is 0 Å². The van der Waals surface area contributed by atoms with E-state index in [4.69, 9.17) is 4.74 Å². The molecule has 0 aliphatic heterocycles. The standard InChI is InChI=1S/C9H10BrNO3/c1-13-6-3-7(9(12)14-2)8(4-10)11-5-6/h3,5H,4H2,1-2H3. The molecule has 0 N–H and O–H groups in total. The Hall–Kier alpha value is -1.10. The van der Waals surface area contributed by atoms with Gasteiger partial charge in [-0.2, -0.15) is 0 Å². The fourth-order valence-corrected chi connectivity index (χ4v) is 1.43. The molecular formula is C9H10BrNO3. The van der Waals surface area contributed by atoms with Crippen LogP contribution in [0.2, 0.25) is 0 Å². The highest BCUT2D eigenvalue weighted by molar-refractivity contribution is 9.08. The molecule has 4 nitrogen and oxygen atoms in total. The van der Waals surface area contributed by atoms with E-state index in [9.17, 15) is 4.79 Å². The van der Waals surface area contributed by atoms with E-state index in [2.05, 4.69) is 25.7 Å². The number of pyridine rings is 1. The smallest absolute Gasteiger partial charge is 0.339 e. The molecule has 0 atom stereocenters. The highest BCUT2D eigenvalue weighted by atomic mass is 79.9. The van der Waals surface area contributed by atoms with Crippen molar-refractivity contribution in [2.24, 2.45) is 0 Å². The van der Waals surface area contributed by atoms with Crippen molar-refractivity contribution < 1.29 is 14.3 Å². The van der Waals surface area contributed by atoms with Gasteiger partial charge in [0.2, 0.25) is 0 Å². The molecule has 0 spiro atoms. The van der Waals surface area contributed by atoms with E-state index >= 15 is 0 Å². The zero-order valence-electron chi connectivity index (χ0n) is 7.91. The summed E-state index contributed by atoms with van der Waals surface area (Å²) in [5.74, 6) is 0.126. The molecule has 76 valence electrons. The maximum absolute atomic E-state index is 11.3. The lowest BCUT2D eigenvalue weighted by molar-refractivity contribution is 0.0599. The third-order valence-electron chi connectivity index (χ3n) is 1.71. The summed E-state index contributed by atoms with van der Waals surface area (Å²) in [6, 6.07) is 1.61. The number of esters is 1. The maximum Gasteiger partial charge on any atom is 0.339 e. The Balaban J connectivity index is 3.14. The molecule has 1 rings (SSSR count). The lowest BCUT2D eigenvalue weighted by Crippen LogP contribution is -2.06. The first-order chi connectivity index (χ1) is 6.72. The van der Waals surface area contributed by atoms with Crippen molar-refractivity contribution in [3.8, 4) is 5.75 Å². The van der Waals surface area contributed by atoms with Crippen LogP contribution in [0.1, 0.15) is 16.1 Å². The van der Waals surface area contributed by atoms with Crippen molar-refractivity contribution >= 4 is 21.9 Å². The molecule has 5 heteroatoms. The van der Waals surface area contributed by atoms with Crippen molar-refractivity contribution in [1.82, 2.24) is 4.98 Å². The van der Waals surface area contributed by atoms with E-state index in [1.807, 2.05) is 0 Å². The molecule has 1 aromatic heterocycles. The molecule has 1 aromatic rings. The number of methoxy groups -OCH3 is 2. The van der Waals surface area contributed by atoms with E-state index in [1.165, 1.54) is 14.2 Å². The predicted octanol–water partition coefficient (Wildman–Crippen LogP) is 1.77. The SMILES string of the molecule is COC(=O)c1cc(OC)cnc1CBr. The van der Waals surface area contributed by atoms with Crippen LogP contribution in [0.3, 0.4) is 0 Å². The normalized spacial score (nSPS) is 9.64. The fourth-order valence-electron chi connectivity index (χ4n) is 0.979. The summed E-state index contributed by atoms with van der Waals surface area (Å²) in [4.78, 5) is 15.4. The van der Waals surface area contributed by atoms with Crippen molar-refractivity contribution in [2.75, 3.05) is 14.2 Å². The van der Waals surface area contributed by atoms with E-state index in [-0.39, 0.29) is 0 Å². The Morgan fingerprint density at radius 2 is 2.29 bits per heavy atom. The third-order valence-corrected chi connectivity index (χ3v) is 2.24. The van der Waals surface area contributed by atoms with Crippen LogP contribution in [-0.4, -0.2) is 25.2 Å². The minimum atomic E-state index is -0.411. The van der Waals surface area contributed by atoms with E-state index in [0.29, 0.717) is 22.3 Å². The van der Waals surface area contributed by atoms with Gasteiger partial charge in [-0.1, -0.05) is 15.9 Å². The van der Waals surface area contributed by atoms with Gasteiger partial charge in [0.25, 0.3) is 0 Å². The zero-order chi connectivity index (χ0) is 10.6. The molecule has 0 bridgehead atoms. The van der Waals surface area contributed by atoms with Gasteiger partial charge in [-0.3, -0.25) is 4.98 Å². The lowest BCUT2D eigenvalue weighted by Gasteiger charge is -2.06. The molecule has 0 radical (unpaired) electrons. The van der Waals surface area contributed by atoms with Gasteiger partial charge in [-0.15, -0.1) is 0 Å². The highest BCUT2D eigenvalue weighted by Gasteiger charge is 2.13. The average molecular weight is 260 g/mol. The number of carbonyl (C=O) groups excluding carboxylic acids is 1. The molecule has 14 heavy (non-hydrogen) atoms. The van der Waals surface area contributed by atoms with Gasteiger partial charge in [0.15, 0.2) is 0 Å². The Bertz CT molecular complexity index is 341. The summed E-state index contributed by atoms with van der Waals surface area (Å²) < 4.78 is 9.59. The largest absolute Gasteiger partial charge is 0.495 e. The van der Waals surface area contributed by atoms with Crippen molar-refractivity contribution in [2.45, 2.75) is 5.33 Å². The first-order valence-electron chi connectivity index (χ1n) is 3.90. The topological polar surface area (TPSA) is 48.4 Å². The number of nitrogens with zero attached hydrogens (tertiary/aromatic N) is 1. The maximum atomic E-state index is 11.3. The van der Waals surface area contributed by atoms with E-state index < -0.39 is 5.97 Å². The number of alkyl halides is 1. The average Bonchev–Trinajstić information content (AvgIpc) is 2.27. The van der Waals surface area contributed by atoms with Crippen LogP contribution in [0.15, 0.2) is 12.3 Å². The Morgan fingerprint density at radius 1 is 1.57 bits per heavy atom. The number of hydrogen-bond acceptors (Lipinski definition) is 4. The zero-order valence-corrected chi connectivity index (χ0v) is 9.50. The summed E-state index contributed by atoms with van der Waals surface area (Å²) in [6.07, 6.45) is 1.56. The molecule has 0 saturated carbocycles. The Morgan fingerprint density at radius 3 is 2.79 bits per heavy atom. The highest BCUT2D eigenvalue weighted by Crippen LogP contribution is 2.17. The number of ether oxygens (including phenoxy) is 2. The van der Waals surface area contributed by atoms with Crippen LogP contribution in [0.4, 0.5) is 0 Å². The summed E-state index contributed by atoms with van der Waals surface area (Å²) in [7, 11) is 2.85. The molecule has 0 saturated heterocycles. The molecule has 0 aromatic carbocycles.